The number of benzene rings is 6. The number of rotatable bonds is 5. The van der Waals surface area contributed by atoms with E-state index in [1.54, 1.807) is 12.1 Å². The van der Waals surface area contributed by atoms with E-state index in [9.17, 15) is 13.5 Å². The summed E-state index contributed by atoms with van der Waals surface area (Å²) in [5.41, 5.74) is 1.75. The Morgan fingerprint density at radius 3 is 2.13 bits per heavy atom. The fourth-order valence-corrected chi connectivity index (χ4v) is 6.15. The zero-order chi connectivity index (χ0) is 26.3. The molecule has 0 amide bonds. The van der Waals surface area contributed by atoms with E-state index in [2.05, 4.69) is 23.2 Å². The molecule has 6 nitrogen and oxygen atoms in total. The van der Waals surface area contributed by atoms with Crippen LogP contribution in [0.15, 0.2) is 114 Å². The van der Waals surface area contributed by atoms with Gasteiger partial charge in [0, 0.05) is 28.8 Å². The summed E-state index contributed by atoms with van der Waals surface area (Å²) in [4.78, 5) is 2.95. The van der Waals surface area contributed by atoms with Crippen molar-refractivity contribution in [3.05, 3.63) is 125 Å². The molecule has 6 aromatic carbocycles. The summed E-state index contributed by atoms with van der Waals surface area (Å²) in [5, 5.41) is 24.1. The lowest BCUT2D eigenvalue weighted by molar-refractivity contribution is 0.483. The first-order valence-corrected chi connectivity index (χ1v) is 13.4. The standard InChI is InChI=1S/C31H20N2O4S/c32-33-28-17-16-25-26(31(28)34)13-6-14-30(25)38(35,36)37-29-18-15-21-8-2-4-12-24(21)27(29)19-22-10-5-9-20-7-1-3-11-23(20)22/h1-18H,19H2/p+1. The van der Waals surface area contributed by atoms with Crippen molar-refractivity contribution in [3.8, 4) is 11.5 Å². The molecule has 184 valence electrons. The second-order valence-corrected chi connectivity index (χ2v) is 10.5. The number of nitrogens with zero attached hydrogens (tertiary/aromatic N) is 2. The maximum atomic E-state index is 13.7. The highest BCUT2D eigenvalue weighted by atomic mass is 32.2. The van der Waals surface area contributed by atoms with Crippen molar-refractivity contribution < 1.29 is 17.7 Å². The van der Waals surface area contributed by atoms with E-state index in [0.29, 0.717) is 6.42 Å². The smallest absolute Gasteiger partial charge is 0.426 e. The molecule has 0 saturated carbocycles. The molecule has 0 heterocycles. The van der Waals surface area contributed by atoms with E-state index in [1.165, 1.54) is 24.3 Å². The predicted octanol–water partition coefficient (Wildman–Crippen LogP) is 7.69. The number of hydrogen-bond donors (Lipinski definition) is 1. The van der Waals surface area contributed by atoms with E-state index in [-0.39, 0.29) is 32.9 Å². The molecule has 0 saturated heterocycles. The van der Waals surface area contributed by atoms with Crippen LogP contribution in [0.4, 0.5) is 5.69 Å². The van der Waals surface area contributed by atoms with E-state index < -0.39 is 10.1 Å². The van der Waals surface area contributed by atoms with Crippen molar-refractivity contribution in [3.63, 3.8) is 0 Å². The zero-order valence-electron chi connectivity index (χ0n) is 20.1. The molecule has 38 heavy (non-hydrogen) atoms. The van der Waals surface area contributed by atoms with Gasteiger partial charge in [0.05, 0.1) is 0 Å². The maximum Gasteiger partial charge on any atom is 0.426 e. The Bertz CT molecular complexity index is 2020. The largest absolute Gasteiger partial charge is 0.501 e. The van der Waals surface area contributed by atoms with Crippen LogP contribution in [0.1, 0.15) is 11.1 Å². The van der Waals surface area contributed by atoms with Gasteiger partial charge in [0.15, 0.2) is 4.98 Å². The van der Waals surface area contributed by atoms with Crippen LogP contribution in [0, 0.1) is 5.39 Å². The molecule has 1 N–H and O–H groups in total. The van der Waals surface area contributed by atoms with Gasteiger partial charge in [-0.05, 0) is 45.3 Å². The quantitative estimate of drug-likeness (QED) is 0.187. The molecule has 6 aromatic rings. The van der Waals surface area contributed by atoms with Gasteiger partial charge in [-0.25, -0.2) is 0 Å². The second-order valence-electron chi connectivity index (χ2n) is 9.00. The first-order valence-electron chi connectivity index (χ1n) is 12.0. The van der Waals surface area contributed by atoms with E-state index in [0.717, 1.165) is 32.7 Å². The molecule has 0 aliphatic heterocycles. The lowest BCUT2D eigenvalue weighted by Crippen LogP contribution is -2.12. The Morgan fingerprint density at radius 2 is 1.34 bits per heavy atom. The summed E-state index contributed by atoms with van der Waals surface area (Å²) in [6.45, 7) is 0. The first kappa shape index (κ1) is 23.5. The highest BCUT2D eigenvalue weighted by Crippen LogP contribution is 2.39. The molecule has 0 atom stereocenters. The van der Waals surface area contributed by atoms with Crippen molar-refractivity contribution in [2.24, 2.45) is 0 Å². The summed E-state index contributed by atoms with van der Waals surface area (Å²) in [5.74, 6) is -0.0794. The fourth-order valence-electron chi connectivity index (χ4n) is 4.98. The third kappa shape index (κ3) is 3.97. The highest BCUT2D eigenvalue weighted by molar-refractivity contribution is 7.87. The normalized spacial score (nSPS) is 11.6. The zero-order valence-corrected chi connectivity index (χ0v) is 20.9. The van der Waals surface area contributed by atoms with Crippen LogP contribution < -0.4 is 4.18 Å². The summed E-state index contributed by atoms with van der Waals surface area (Å²) in [6.07, 6.45) is 0.464. The van der Waals surface area contributed by atoms with E-state index in [4.69, 9.17) is 9.58 Å². The molecule has 0 radical (unpaired) electrons. The van der Waals surface area contributed by atoms with Gasteiger partial charge in [0.2, 0.25) is 11.1 Å². The van der Waals surface area contributed by atoms with Crippen LogP contribution in [-0.2, 0) is 16.5 Å². The van der Waals surface area contributed by atoms with Gasteiger partial charge in [0.1, 0.15) is 10.6 Å². The Hall–Kier alpha value is -4.93. The molecule has 7 heteroatoms. The van der Waals surface area contributed by atoms with Crippen molar-refractivity contribution in [2.75, 3.05) is 0 Å². The van der Waals surface area contributed by atoms with Gasteiger partial charge in [0.25, 0.3) is 0 Å². The molecule has 0 aromatic heterocycles. The molecule has 0 fully saturated rings. The molecular weight excluding hydrogens is 496 g/mol. The Morgan fingerprint density at radius 1 is 0.684 bits per heavy atom. The minimum Gasteiger partial charge on any atom is -0.501 e. The van der Waals surface area contributed by atoms with Gasteiger partial charge >= 0.3 is 15.8 Å². The summed E-state index contributed by atoms with van der Waals surface area (Å²) < 4.78 is 33.1. The summed E-state index contributed by atoms with van der Waals surface area (Å²) in [7, 11) is -4.31. The van der Waals surface area contributed by atoms with Crippen LogP contribution in [0.3, 0.4) is 0 Å². The molecule has 0 bridgehead atoms. The third-order valence-corrected chi connectivity index (χ3v) is 8.09. The van der Waals surface area contributed by atoms with Crippen LogP contribution in [0.25, 0.3) is 37.3 Å². The average molecular weight is 518 g/mol. The Labute approximate surface area is 219 Å². The average Bonchev–Trinajstić information content (AvgIpc) is 2.94. The number of hydrogen-bond acceptors (Lipinski definition) is 5. The topological polar surface area (TPSA) is 91.8 Å². The van der Waals surface area contributed by atoms with Crippen LogP contribution >= 0.6 is 0 Å². The molecular formula is C31H21N2O4S+. The van der Waals surface area contributed by atoms with Crippen molar-refractivity contribution in [1.82, 2.24) is 0 Å². The monoisotopic (exact) mass is 517 g/mol. The maximum absolute atomic E-state index is 13.7. The summed E-state index contributed by atoms with van der Waals surface area (Å²) >= 11 is 0. The second kappa shape index (κ2) is 9.18. The molecule has 0 aliphatic rings. The third-order valence-electron chi connectivity index (χ3n) is 6.79. The lowest BCUT2D eigenvalue weighted by atomic mass is 9.94. The fraction of sp³-hybridized carbons (Fsp3) is 0.0323. The summed E-state index contributed by atoms with van der Waals surface area (Å²) in [6, 6.07) is 32.8. The molecule has 6 rings (SSSR count). The van der Waals surface area contributed by atoms with Gasteiger partial charge in [-0.3, -0.25) is 0 Å². The van der Waals surface area contributed by atoms with Crippen LogP contribution in [0.2, 0.25) is 0 Å². The SMILES string of the molecule is N#[N+]c1ccc2c(S(=O)(=O)Oc3ccc4ccccc4c3Cc3cccc4ccccc34)cccc2c1O. The van der Waals surface area contributed by atoms with Gasteiger partial charge in [-0.2, -0.15) is 8.42 Å². The van der Waals surface area contributed by atoms with Crippen molar-refractivity contribution >= 4 is 48.1 Å². The number of fused-ring (bicyclic) bond motifs is 3. The Balaban J connectivity index is 1.50. The van der Waals surface area contributed by atoms with Crippen molar-refractivity contribution in [1.29, 1.82) is 5.39 Å². The molecule has 0 aliphatic carbocycles. The lowest BCUT2D eigenvalue weighted by Gasteiger charge is -2.16. The van der Waals surface area contributed by atoms with Crippen molar-refractivity contribution in [2.45, 2.75) is 11.3 Å². The van der Waals surface area contributed by atoms with Gasteiger partial charge in [-0.1, -0.05) is 84.9 Å². The predicted molar refractivity (Wildman–Crippen MR) is 149 cm³/mol. The number of diazo groups is 1. The molecule has 0 unspecified atom stereocenters. The van der Waals surface area contributed by atoms with Gasteiger partial charge in [-0.15, -0.1) is 0 Å². The molecule has 0 spiro atoms. The van der Waals surface area contributed by atoms with Gasteiger partial charge < -0.3 is 9.29 Å². The Kier molecular flexibility index (Phi) is 5.67. The number of aromatic hydroxyl groups is 1. The van der Waals surface area contributed by atoms with Crippen LogP contribution in [0.5, 0.6) is 11.5 Å². The van der Waals surface area contributed by atoms with Crippen LogP contribution in [-0.4, -0.2) is 13.5 Å². The minimum atomic E-state index is -4.31. The first-order chi connectivity index (χ1) is 18.5. The van der Waals surface area contributed by atoms with E-state index >= 15 is 0 Å². The van der Waals surface area contributed by atoms with E-state index in [1.807, 2.05) is 54.6 Å². The number of phenolic OH excluding ortho intramolecular Hbond substituents is 1. The highest BCUT2D eigenvalue weighted by Gasteiger charge is 2.25. The minimum absolute atomic E-state index is 0.0557. The number of phenols is 1.